The van der Waals surface area contributed by atoms with E-state index in [1.54, 1.807) is 12.1 Å². The highest BCUT2D eigenvalue weighted by Gasteiger charge is 2.05. The number of hydrogen-bond acceptors (Lipinski definition) is 3. The third-order valence-corrected chi connectivity index (χ3v) is 1.37. The molecule has 1 aromatic rings. The average molecular weight is 169 g/mol. The fourth-order valence-corrected chi connectivity index (χ4v) is 0.776. The second kappa shape index (κ2) is 4.56. The molecule has 0 unspecified atom stereocenters. The van der Waals surface area contributed by atoms with Gasteiger partial charge in [0, 0.05) is 13.2 Å². The van der Waals surface area contributed by atoms with Crippen molar-refractivity contribution < 1.29 is 14.3 Å². The van der Waals surface area contributed by atoms with Crippen LogP contribution in [0.3, 0.4) is 0 Å². The number of aliphatic hydroxyl groups is 1. The molecule has 0 bridgehead atoms. The third kappa shape index (κ3) is 2.39. The van der Waals surface area contributed by atoms with Gasteiger partial charge in [-0.1, -0.05) is 0 Å². The molecular weight excluding hydrogens is 158 g/mol. The first kappa shape index (κ1) is 8.80. The minimum absolute atomic E-state index is 0.0818. The first-order valence-electron chi connectivity index (χ1n) is 3.77. The Hall–Kier alpha value is -1.29. The average Bonchev–Trinajstić information content (AvgIpc) is 2.56. The Morgan fingerprint density at radius 2 is 2.50 bits per heavy atom. The van der Waals surface area contributed by atoms with E-state index in [2.05, 4.69) is 5.32 Å². The van der Waals surface area contributed by atoms with Gasteiger partial charge in [0.25, 0.3) is 5.91 Å². The number of furan rings is 1. The number of nitrogens with one attached hydrogen (secondary N) is 1. The highest BCUT2D eigenvalue weighted by Crippen LogP contribution is 1.98. The van der Waals surface area contributed by atoms with Crippen LogP contribution in [0.4, 0.5) is 0 Å². The van der Waals surface area contributed by atoms with Crippen LogP contribution < -0.4 is 5.32 Å². The van der Waals surface area contributed by atoms with Crippen molar-refractivity contribution >= 4 is 5.91 Å². The molecular formula is C8H11NO3. The minimum atomic E-state index is -0.242. The van der Waals surface area contributed by atoms with Crippen molar-refractivity contribution in [2.24, 2.45) is 0 Å². The molecule has 1 aromatic heterocycles. The molecule has 0 radical (unpaired) electrons. The molecule has 4 heteroatoms. The summed E-state index contributed by atoms with van der Waals surface area (Å²) in [4.78, 5) is 11.1. The van der Waals surface area contributed by atoms with Gasteiger partial charge in [-0.25, -0.2) is 0 Å². The molecule has 0 saturated carbocycles. The van der Waals surface area contributed by atoms with Crippen molar-refractivity contribution in [1.82, 2.24) is 5.32 Å². The van der Waals surface area contributed by atoms with Crippen molar-refractivity contribution in [2.75, 3.05) is 13.2 Å². The van der Waals surface area contributed by atoms with E-state index in [9.17, 15) is 4.79 Å². The Kier molecular flexibility index (Phi) is 3.35. The molecule has 0 aliphatic heterocycles. The molecule has 0 aliphatic carbocycles. The van der Waals surface area contributed by atoms with E-state index in [-0.39, 0.29) is 12.5 Å². The van der Waals surface area contributed by atoms with Crippen molar-refractivity contribution in [3.05, 3.63) is 24.2 Å². The van der Waals surface area contributed by atoms with Crippen LogP contribution in [0.15, 0.2) is 22.8 Å². The SMILES string of the molecule is O=C(NCCCO)c1ccco1. The van der Waals surface area contributed by atoms with Crippen molar-refractivity contribution in [2.45, 2.75) is 6.42 Å². The van der Waals surface area contributed by atoms with Crippen LogP contribution in [0.1, 0.15) is 17.0 Å². The monoisotopic (exact) mass is 169 g/mol. The summed E-state index contributed by atoms with van der Waals surface area (Å²) in [5.41, 5.74) is 0. The summed E-state index contributed by atoms with van der Waals surface area (Å²) in [6.45, 7) is 0.550. The van der Waals surface area contributed by atoms with Crippen molar-refractivity contribution in [1.29, 1.82) is 0 Å². The molecule has 1 rings (SSSR count). The lowest BCUT2D eigenvalue weighted by Crippen LogP contribution is -2.24. The zero-order valence-electron chi connectivity index (χ0n) is 6.62. The second-order valence-corrected chi connectivity index (χ2v) is 2.31. The Bertz CT molecular complexity index is 230. The molecule has 0 saturated heterocycles. The molecule has 66 valence electrons. The Morgan fingerprint density at radius 3 is 3.08 bits per heavy atom. The molecule has 1 heterocycles. The second-order valence-electron chi connectivity index (χ2n) is 2.31. The first-order chi connectivity index (χ1) is 5.84. The van der Waals surface area contributed by atoms with Gasteiger partial charge in [0.05, 0.1) is 6.26 Å². The summed E-state index contributed by atoms with van der Waals surface area (Å²) in [5.74, 6) is 0.0568. The van der Waals surface area contributed by atoms with Crippen LogP contribution in [-0.2, 0) is 0 Å². The number of carbonyl (C=O) groups is 1. The number of hydrogen-bond donors (Lipinski definition) is 2. The zero-order valence-corrected chi connectivity index (χ0v) is 6.62. The summed E-state index contributed by atoms with van der Waals surface area (Å²) in [6, 6.07) is 3.25. The minimum Gasteiger partial charge on any atom is -0.459 e. The Morgan fingerprint density at radius 1 is 1.67 bits per heavy atom. The lowest BCUT2D eigenvalue weighted by Gasteiger charge is -1.99. The maximum absolute atomic E-state index is 11.1. The van der Waals surface area contributed by atoms with Gasteiger partial charge in [0.15, 0.2) is 5.76 Å². The molecule has 0 fully saturated rings. The van der Waals surface area contributed by atoms with Gasteiger partial charge in [-0.2, -0.15) is 0 Å². The summed E-state index contributed by atoms with van der Waals surface area (Å²) in [7, 11) is 0. The van der Waals surface area contributed by atoms with E-state index in [1.165, 1.54) is 6.26 Å². The van der Waals surface area contributed by atoms with E-state index in [0.717, 1.165) is 0 Å². The Balaban J connectivity index is 2.30. The van der Waals surface area contributed by atoms with Gasteiger partial charge >= 0.3 is 0 Å². The van der Waals surface area contributed by atoms with Gasteiger partial charge < -0.3 is 14.8 Å². The van der Waals surface area contributed by atoms with Crippen molar-refractivity contribution in [3.8, 4) is 0 Å². The van der Waals surface area contributed by atoms with E-state index in [1.807, 2.05) is 0 Å². The number of rotatable bonds is 4. The number of amides is 1. The van der Waals surface area contributed by atoms with E-state index < -0.39 is 0 Å². The van der Waals surface area contributed by atoms with Gasteiger partial charge in [-0.15, -0.1) is 0 Å². The molecule has 0 aliphatic rings. The van der Waals surface area contributed by atoms with E-state index in [4.69, 9.17) is 9.52 Å². The lowest BCUT2D eigenvalue weighted by molar-refractivity contribution is 0.0923. The quantitative estimate of drug-likeness (QED) is 0.641. The molecule has 0 atom stereocenters. The van der Waals surface area contributed by atoms with Crippen LogP contribution >= 0.6 is 0 Å². The summed E-state index contributed by atoms with van der Waals surface area (Å²) >= 11 is 0. The number of carbonyl (C=O) groups excluding carboxylic acids is 1. The van der Waals surface area contributed by atoms with Crippen LogP contribution in [0, 0.1) is 0 Å². The van der Waals surface area contributed by atoms with E-state index in [0.29, 0.717) is 18.7 Å². The highest BCUT2D eigenvalue weighted by molar-refractivity contribution is 5.91. The maximum atomic E-state index is 11.1. The normalized spacial score (nSPS) is 9.75. The predicted molar refractivity (Wildman–Crippen MR) is 42.7 cm³/mol. The van der Waals surface area contributed by atoms with Crippen LogP contribution in [0.25, 0.3) is 0 Å². The third-order valence-electron chi connectivity index (χ3n) is 1.37. The first-order valence-corrected chi connectivity index (χ1v) is 3.77. The molecule has 2 N–H and O–H groups in total. The molecule has 4 nitrogen and oxygen atoms in total. The fraction of sp³-hybridized carbons (Fsp3) is 0.375. The van der Waals surface area contributed by atoms with Crippen molar-refractivity contribution in [3.63, 3.8) is 0 Å². The van der Waals surface area contributed by atoms with Gasteiger partial charge in [-0.05, 0) is 18.6 Å². The van der Waals surface area contributed by atoms with Crippen LogP contribution in [0.2, 0.25) is 0 Å². The predicted octanol–water partition coefficient (Wildman–Crippen LogP) is 0.392. The lowest BCUT2D eigenvalue weighted by atomic mass is 10.4. The van der Waals surface area contributed by atoms with Gasteiger partial charge in [-0.3, -0.25) is 4.79 Å². The number of aliphatic hydroxyl groups excluding tert-OH is 1. The van der Waals surface area contributed by atoms with E-state index >= 15 is 0 Å². The molecule has 0 spiro atoms. The zero-order chi connectivity index (χ0) is 8.81. The molecule has 12 heavy (non-hydrogen) atoms. The largest absolute Gasteiger partial charge is 0.459 e. The highest BCUT2D eigenvalue weighted by atomic mass is 16.3. The molecule has 0 aromatic carbocycles. The Labute approximate surface area is 70.2 Å². The summed E-state index contributed by atoms with van der Waals surface area (Å²) < 4.78 is 4.85. The topological polar surface area (TPSA) is 62.5 Å². The van der Waals surface area contributed by atoms with Gasteiger partial charge in [0.2, 0.25) is 0 Å². The molecule has 1 amide bonds. The van der Waals surface area contributed by atoms with Crippen LogP contribution in [0.5, 0.6) is 0 Å². The van der Waals surface area contributed by atoms with Crippen LogP contribution in [-0.4, -0.2) is 24.2 Å². The van der Waals surface area contributed by atoms with Gasteiger partial charge in [0.1, 0.15) is 0 Å². The maximum Gasteiger partial charge on any atom is 0.286 e. The fourth-order valence-electron chi connectivity index (χ4n) is 0.776. The smallest absolute Gasteiger partial charge is 0.286 e. The standard InChI is InChI=1S/C8H11NO3/c10-5-2-4-9-8(11)7-3-1-6-12-7/h1,3,6,10H,2,4-5H2,(H,9,11). The summed E-state index contributed by atoms with van der Waals surface area (Å²) in [5, 5.41) is 11.0. The summed E-state index contributed by atoms with van der Waals surface area (Å²) in [6.07, 6.45) is 2.01.